The Labute approximate surface area is 82.6 Å². The third kappa shape index (κ3) is 3.67. The van der Waals surface area contributed by atoms with Crippen molar-refractivity contribution >= 4 is 21.7 Å². The lowest BCUT2D eigenvalue weighted by atomic mass is 10.1. The van der Waals surface area contributed by atoms with E-state index in [1.807, 2.05) is 0 Å². The third-order valence-electron chi connectivity index (χ3n) is 1.40. The summed E-state index contributed by atoms with van der Waals surface area (Å²) in [5.41, 5.74) is 0. The second kappa shape index (κ2) is 5.63. The van der Waals surface area contributed by atoms with E-state index in [0.717, 1.165) is 0 Å². The lowest BCUT2D eigenvalue weighted by molar-refractivity contribution is -0.145. The number of rotatable bonds is 5. The number of aliphatic hydroxyl groups excluding tert-OH is 5. The lowest BCUT2D eigenvalue weighted by Crippen LogP contribution is -2.45. The number of alkyl halides is 1. The number of hydrogen-bond donors (Lipinski definition) is 5. The van der Waals surface area contributed by atoms with Gasteiger partial charge < -0.3 is 25.5 Å². The van der Waals surface area contributed by atoms with Crippen molar-refractivity contribution in [3.8, 4) is 0 Å². The molecule has 0 heterocycles. The quantitative estimate of drug-likeness (QED) is 0.344. The molecule has 0 saturated heterocycles. The first kappa shape index (κ1) is 12.9. The Hall–Kier alpha value is -0.0500. The molecule has 0 rings (SSSR count). The molecule has 13 heavy (non-hydrogen) atoms. The van der Waals surface area contributed by atoms with Crippen molar-refractivity contribution < 1.29 is 30.3 Å². The van der Waals surface area contributed by atoms with E-state index in [2.05, 4.69) is 15.9 Å². The van der Waals surface area contributed by atoms with Gasteiger partial charge in [-0.1, -0.05) is 15.9 Å². The number of Topliss-reactive ketones (excluding diaryl/α,β-unsaturated/α-hetero) is 1. The molecule has 0 spiro atoms. The van der Waals surface area contributed by atoms with Crippen molar-refractivity contribution in [3.63, 3.8) is 0 Å². The summed E-state index contributed by atoms with van der Waals surface area (Å²) in [7, 11) is 0. The second-order valence-corrected chi connectivity index (χ2v) is 3.35. The van der Waals surface area contributed by atoms with Crippen LogP contribution in [0.15, 0.2) is 0 Å². The van der Waals surface area contributed by atoms with Crippen molar-refractivity contribution in [2.75, 3.05) is 6.61 Å². The van der Waals surface area contributed by atoms with E-state index in [-0.39, 0.29) is 0 Å². The van der Waals surface area contributed by atoms with E-state index < -0.39 is 35.7 Å². The first-order chi connectivity index (χ1) is 5.91. The fourth-order valence-corrected chi connectivity index (χ4v) is 0.860. The van der Waals surface area contributed by atoms with Gasteiger partial charge in [0, 0.05) is 0 Å². The van der Waals surface area contributed by atoms with Crippen molar-refractivity contribution in [2.24, 2.45) is 0 Å². The minimum Gasteiger partial charge on any atom is -0.394 e. The molecule has 0 fully saturated rings. The maximum atomic E-state index is 10.9. The third-order valence-corrected chi connectivity index (χ3v) is 1.90. The fraction of sp³-hybridized carbons (Fsp3) is 0.833. The Morgan fingerprint density at radius 2 is 1.62 bits per heavy atom. The Balaban J connectivity index is 4.25. The molecule has 0 aliphatic carbocycles. The van der Waals surface area contributed by atoms with Gasteiger partial charge in [-0.15, -0.1) is 0 Å². The van der Waals surface area contributed by atoms with Crippen molar-refractivity contribution in [1.29, 1.82) is 0 Å². The van der Waals surface area contributed by atoms with Crippen LogP contribution >= 0.6 is 15.9 Å². The second-order valence-electron chi connectivity index (χ2n) is 2.41. The monoisotopic (exact) mass is 258 g/mol. The number of ketones is 1. The summed E-state index contributed by atoms with van der Waals surface area (Å²) >= 11 is 2.51. The molecule has 0 aliphatic heterocycles. The van der Waals surface area contributed by atoms with Gasteiger partial charge in [0.05, 0.1) is 6.61 Å². The minimum atomic E-state index is -1.91. The molecule has 0 saturated carbocycles. The van der Waals surface area contributed by atoms with Crippen LogP contribution in [-0.4, -0.2) is 61.2 Å². The number of halogens is 1. The maximum Gasteiger partial charge on any atom is 0.195 e. The van der Waals surface area contributed by atoms with Gasteiger partial charge in [0.25, 0.3) is 0 Å². The molecule has 0 radical (unpaired) electrons. The lowest BCUT2D eigenvalue weighted by Gasteiger charge is -2.18. The predicted molar refractivity (Wildman–Crippen MR) is 45.0 cm³/mol. The largest absolute Gasteiger partial charge is 0.394 e. The average Bonchev–Trinajstić information content (AvgIpc) is 2.12. The summed E-state index contributed by atoms with van der Waals surface area (Å²) in [5, 5.41) is 42.2. The van der Waals surface area contributed by atoms with Gasteiger partial charge in [-0.25, -0.2) is 0 Å². The zero-order valence-electron chi connectivity index (χ0n) is 6.54. The average molecular weight is 259 g/mol. The summed E-state index contributed by atoms with van der Waals surface area (Å²) in [4.78, 5) is 10.9. The first-order valence-electron chi connectivity index (χ1n) is 3.42. The van der Waals surface area contributed by atoms with E-state index in [1.165, 1.54) is 0 Å². The minimum absolute atomic E-state index is 0.808. The molecule has 0 aliphatic rings. The van der Waals surface area contributed by atoms with Crippen molar-refractivity contribution in [1.82, 2.24) is 0 Å². The molecule has 78 valence electrons. The van der Waals surface area contributed by atoms with E-state index in [0.29, 0.717) is 0 Å². The van der Waals surface area contributed by atoms with Gasteiger partial charge in [-0.3, -0.25) is 4.79 Å². The van der Waals surface area contributed by atoms with Crippen LogP contribution < -0.4 is 0 Å². The van der Waals surface area contributed by atoms with Crippen LogP contribution in [0.1, 0.15) is 0 Å². The highest BCUT2D eigenvalue weighted by atomic mass is 79.9. The molecule has 0 aromatic rings. The highest BCUT2D eigenvalue weighted by Crippen LogP contribution is 2.07. The summed E-state index contributed by atoms with van der Waals surface area (Å²) < 4.78 is 0. The van der Waals surface area contributed by atoms with Crippen LogP contribution in [0.3, 0.4) is 0 Å². The number of carbonyl (C=O) groups excluding carboxylic acids is 1. The van der Waals surface area contributed by atoms with E-state index >= 15 is 0 Å². The Morgan fingerprint density at radius 1 is 1.15 bits per heavy atom. The van der Waals surface area contributed by atoms with Gasteiger partial charge in [-0.05, 0) is 0 Å². The highest BCUT2D eigenvalue weighted by Gasteiger charge is 2.32. The zero-order chi connectivity index (χ0) is 10.6. The SMILES string of the molecule is O=C([C@H](O)C(O)Br)[C@H](O)[C@H](O)CO. The first-order valence-corrected chi connectivity index (χ1v) is 4.34. The number of carbonyl (C=O) groups is 1. The summed E-state index contributed by atoms with van der Waals surface area (Å²) in [5.74, 6) is -1.16. The van der Waals surface area contributed by atoms with Crippen LogP contribution in [0.25, 0.3) is 0 Å². The van der Waals surface area contributed by atoms with E-state index in [9.17, 15) is 4.79 Å². The normalized spacial score (nSPS) is 20.5. The van der Waals surface area contributed by atoms with Crippen LogP contribution in [-0.2, 0) is 4.79 Å². The van der Waals surface area contributed by atoms with Gasteiger partial charge in [-0.2, -0.15) is 0 Å². The van der Waals surface area contributed by atoms with Crippen molar-refractivity contribution in [3.05, 3.63) is 0 Å². The molecule has 4 atom stereocenters. The summed E-state index contributed by atoms with van der Waals surface area (Å²) in [6.07, 6.45) is -5.41. The molecule has 5 N–H and O–H groups in total. The maximum absolute atomic E-state index is 10.9. The molecule has 6 nitrogen and oxygen atoms in total. The molecule has 0 aromatic carbocycles. The van der Waals surface area contributed by atoms with E-state index in [1.54, 1.807) is 0 Å². The molecule has 0 amide bonds. The Kier molecular flexibility index (Phi) is 5.61. The fourth-order valence-electron chi connectivity index (χ4n) is 0.600. The zero-order valence-corrected chi connectivity index (χ0v) is 8.12. The Morgan fingerprint density at radius 3 is 1.92 bits per heavy atom. The van der Waals surface area contributed by atoms with Crippen LogP contribution in [0.4, 0.5) is 0 Å². The molecule has 0 aromatic heterocycles. The number of aliphatic hydroxyl groups is 5. The predicted octanol–water partition coefficient (Wildman–Crippen LogP) is -2.66. The van der Waals surface area contributed by atoms with Gasteiger partial charge in [0.2, 0.25) is 0 Å². The molecule has 0 bridgehead atoms. The molecular weight excluding hydrogens is 248 g/mol. The highest BCUT2D eigenvalue weighted by molar-refractivity contribution is 9.09. The molecule has 7 heteroatoms. The molecular formula is C6H11BrO6. The summed E-state index contributed by atoms with van der Waals surface area (Å²) in [6.45, 7) is -0.808. The van der Waals surface area contributed by atoms with Crippen LogP contribution in [0, 0.1) is 0 Å². The number of hydrogen-bond acceptors (Lipinski definition) is 6. The smallest absolute Gasteiger partial charge is 0.195 e. The van der Waals surface area contributed by atoms with Crippen LogP contribution in [0.5, 0.6) is 0 Å². The van der Waals surface area contributed by atoms with Gasteiger partial charge >= 0.3 is 0 Å². The Bertz CT molecular complexity index is 173. The van der Waals surface area contributed by atoms with Crippen molar-refractivity contribution in [2.45, 2.75) is 23.3 Å². The molecule has 1 unspecified atom stereocenters. The summed E-state index contributed by atoms with van der Waals surface area (Å²) in [6, 6.07) is 0. The van der Waals surface area contributed by atoms with Gasteiger partial charge in [0.1, 0.15) is 17.2 Å². The van der Waals surface area contributed by atoms with E-state index in [4.69, 9.17) is 25.5 Å². The van der Waals surface area contributed by atoms with Gasteiger partial charge in [0.15, 0.2) is 11.9 Å². The van der Waals surface area contributed by atoms with Crippen LogP contribution in [0.2, 0.25) is 0 Å². The standard InChI is InChI=1S/C6H11BrO6/c7-6(13)5(12)4(11)3(10)2(9)1-8/h2-3,5-6,8-10,12-13H,1H2/t2-,3-,5+,6?/m1/s1. The topological polar surface area (TPSA) is 118 Å².